The second-order valence-electron chi connectivity index (χ2n) is 17.4. The van der Waals surface area contributed by atoms with Crippen molar-refractivity contribution in [3.8, 4) is 11.5 Å². The molecule has 0 aliphatic heterocycles. The van der Waals surface area contributed by atoms with E-state index in [4.69, 9.17) is 9.47 Å². The zero-order valence-corrected chi connectivity index (χ0v) is 37.6. The molecular formula is C53H84BNO2. The van der Waals surface area contributed by atoms with Gasteiger partial charge in [-0.3, -0.25) is 0 Å². The van der Waals surface area contributed by atoms with Crippen LogP contribution in [-0.2, 0) is 19.2 Å². The van der Waals surface area contributed by atoms with Crippen molar-refractivity contribution >= 4 is 17.0 Å². The van der Waals surface area contributed by atoms with Crippen LogP contribution in [0.2, 0.25) is 12.6 Å². The lowest BCUT2D eigenvalue weighted by molar-refractivity contribution is -0.671. The molecule has 57 heavy (non-hydrogen) atoms. The van der Waals surface area contributed by atoms with Crippen LogP contribution in [0.3, 0.4) is 0 Å². The molecule has 4 aromatic rings. The highest BCUT2D eigenvalue weighted by atomic mass is 16.5. The van der Waals surface area contributed by atoms with Crippen molar-refractivity contribution in [3.05, 3.63) is 102 Å². The molecule has 0 aliphatic rings. The maximum Gasteiger partial charge on any atom is 0.212 e. The Morgan fingerprint density at radius 1 is 0.421 bits per heavy atom. The molecule has 4 heteroatoms. The van der Waals surface area contributed by atoms with Crippen LogP contribution in [0.1, 0.15) is 173 Å². The minimum atomic E-state index is -0.555. The molecule has 0 bridgehead atoms. The quantitative estimate of drug-likeness (QED) is 0.0288. The Balaban J connectivity index is 0.000000515. The third-order valence-corrected chi connectivity index (χ3v) is 12.5. The van der Waals surface area contributed by atoms with Crippen molar-refractivity contribution in [3.63, 3.8) is 0 Å². The van der Waals surface area contributed by atoms with Gasteiger partial charge >= 0.3 is 0 Å². The standard InChI is InChI=1S/C40H68BO2.C13H16N/c1-5-7-9-11-13-15-17-19-21-23-33-41(35-37-25-29-39(42-3)30-26-37,36-38-27-31-40(43-4)32-28-38)34-24-22-20-18-16-14-12-10-8-6-2;1-2-3-10-14-11-6-8-12-7-4-5-9-13(12)14/h25-32H,5-24,33-36H2,1-4H3;4-9,11H,2-3,10H2,1H3/q-1;+1. The Morgan fingerprint density at radius 3 is 1.23 bits per heavy atom. The molecule has 0 aliphatic carbocycles. The average Bonchev–Trinajstić information content (AvgIpc) is 3.25. The van der Waals surface area contributed by atoms with E-state index in [0.717, 1.165) is 18.0 Å². The fourth-order valence-electron chi connectivity index (χ4n) is 9.02. The first-order valence-electron chi connectivity index (χ1n) is 23.9. The summed E-state index contributed by atoms with van der Waals surface area (Å²) in [6.45, 7) is 7.96. The highest BCUT2D eigenvalue weighted by Crippen LogP contribution is 2.32. The van der Waals surface area contributed by atoms with Gasteiger partial charge < -0.3 is 9.47 Å². The van der Waals surface area contributed by atoms with E-state index in [1.165, 1.54) is 189 Å². The van der Waals surface area contributed by atoms with E-state index < -0.39 is 6.15 Å². The van der Waals surface area contributed by atoms with Gasteiger partial charge in [-0.25, -0.2) is 0 Å². The summed E-state index contributed by atoms with van der Waals surface area (Å²) in [6, 6.07) is 30.7. The predicted octanol–water partition coefficient (Wildman–Crippen LogP) is 15.8. The number of methoxy groups -OCH3 is 2. The number of aromatic nitrogens is 1. The van der Waals surface area contributed by atoms with Crippen molar-refractivity contribution in [2.45, 2.75) is 194 Å². The second-order valence-corrected chi connectivity index (χ2v) is 17.4. The van der Waals surface area contributed by atoms with Crippen LogP contribution in [0.5, 0.6) is 11.5 Å². The van der Waals surface area contributed by atoms with Crippen LogP contribution in [0.15, 0.2) is 91.1 Å². The summed E-state index contributed by atoms with van der Waals surface area (Å²) >= 11 is 0. The summed E-state index contributed by atoms with van der Waals surface area (Å²) < 4.78 is 13.3. The lowest BCUT2D eigenvalue weighted by atomic mass is 9.17. The van der Waals surface area contributed by atoms with E-state index >= 15 is 0 Å². The lowest BCUT2D eigenvalue weighted by Gasteiger charge is -2.41. The first-order chi connectivity index (χ1) is 28.1. The van der Waals surface area contributed by atoms with Crippen molar-refractivity contribution in [1.29, 1.82) is 0 Å². The number of para-hydroxylation sites is 1. The monoisotopic (exact) mass is 778 g/mol. The number of rotatable bonds is 31. The summed E-state index contributed by atoms with van der Waals surface area (Å²) in [5, 5.41) is 1.33. The molecule has 1 heterocycles. The Labute approximate surface area is 351 Å². The van der Waals surface area contributed by atoms with Crippen LogP contribution >= 0.6 is 0 Å². The number of unbranched alkanes of at least 4 members (excludes halogenated alkanes) is 19. The molecule has 0 saturated heterocycles. The van der Waals surface area contributed by atoms with Crippen LogP contribution < -0.4 is 14.0 Å². The molecule has 0 spiro atoms. The van der Waals surface area contributed by atoms with Gasteiger partial charge in [0.1, 0.15) is 18.0 Å². The van der Waals surface area contributed by atoms with Gasteiger partial charge in [0.05, 0.1) is 14.2 Å². The highest BCUT2D eigenvalue weighted by Gasteiger charge is 2.25. The topological polar surface area (TPSA) is 22.3 Å². The third-order valence-electron chi connectivity index (χ3n) is 12.5. The first-order valence-corrected chi connectivity index (χ1v) is 23.9. The van der Waals surface area contributed by atoms with Gasteiger partial charge in [-0.2, -0.15) is 29.8 Å². The Kier molecular flexibility index (Phi) is 26.0. The maximum atomic E-state index is 5.49. The van der Waals surface area contributed by atoms with Crippen molar-refractivity contribution in [2.24, 2.45) is 0 Å². The first kappa shape index (κ1) is 48.1. The number of benzene rings is 3. The van der Waals surface area contributed by atoms with Gasteiger partial charge in [-0.15, -0.1) is 0 Å². The average molecular weight is 778 g/mol. The largest absolute Gasteiger partial charge is 0.497 e. The molecule has 0 radical (unpaired) electrons. The predicted molar refractivity (Wildman–Crippen MR) is 252 cm³/mol. The molecule has 0 N–H and O–H groups in total. The molecule has 1 aromatic heterocycles. The molecule has 4 rings (SSSR count). The molecule has 0 saturated carbocycles. The van der Waals surface area contributed by atoms with Crippen molar-refractivity contribution < 1.29 is 14.0 Å². The molecule has 3 nitrogen and oxygen atoms in total. The van der Waals surface area contributed by atoms with Crippen LogP contribution in [0.25, 0.3) is 10.9 Å². The fourth-order valence-corrected chi connectivity index (χ4v) is 9.02. The van der Waals surface area contributed by atoms with E-state index in [0.29, 0.717) is 0 Å². The molecule has 3 aromatic carbocycles. The van der Waals surface area contributed by atoms with Gasteiger partial charge in [-0.05, 0) is 36.4 Å². The van der Waals surface area contributed by atoms with Gasteiger partial charge in [0.2, 0.25) is 5.52 Å². The second kappa shape index (κ2) is 30.8. The summed E-state index contributed by atoms with van der Waals surface area (Å²) in [4.78, 5) is 0. The third kappa shape index (κ3) is 20.3. The minimum absolute atomic E-state index is 0.555. The van der Waals surface area contributed by atoms with E-state index in [9.17, 15) is 0 Å². The van der Waals surface area contributed by atoms with Gasteiger partial charge in [-0.1, -0.05) is 203 Å². The smallest absolute Gasteiger partial charge is 0.212 e. The van der Waals surface area contributed by atoms with Gasteiger partial charge in [0.15, 0.2) is 6.20 Å². The lowest BCUT2D eigenvalue weighted by Crippen LogP contribution is -2.40. The molecular weight excluding hydrogens is 693 g/mol. The zero-order chi connectivity index (χ0) is 40.7. The number of aryl methyl sites for hydroxylation is 1. The molecule has 316 valence electrons. The van der Waals surface area contributed by atoms with E-state index in [-0.39, 0.29) is 0 Å². The number of hydrogen-bond donors (Lipinski definition) is 0. The molecule has 0 atom stereocenters. The fraction of sp³-hybridized carbons (Fsp3) is 0.604. The Hall–Kier alpha value is -3.27. The summed E-state index contributed by atoms with van der Waals surface area (Å²) in [7, 11) is 3.53. The summed E-state index contributed by atoms with van der Waals surface area (Å²) in [5.74, 6) is 1.92. The van der Waals surface area contributed by atoms with E-state index in [1.807, 2.05) is 0 Å². The Morgan fingerprint density at radius 2 is 0.807 bits per heavy atom. The van der Waals surface area contributed by atoms with Gasteiger partial charge in [0, 0.05) is 30.1 Å². The Bertz CT molecular complexity index is 1450. The van der Waals surface area contributed by atoms with E-state index in [1.54, 1.807) is 14.2 Å². The number of ether oxygens (including phenoxy) is 2. The van der Waals surface area contributed by atoms with E-state index in [2.05, 4.69) is 116 Å². The summed E-state index contributed by atoms with van der Waals surface area (Å²) in [6.07, 6.45) is 37.4. The molecule has 0 fully saturated rings. The van der Waals surface area contributed by atoms with Crippen LogP contribution in [0.4, 0.5) is 0 Å². The van der Waals surface area contributed by atoms with Gasteiger partial charge in [0.25, 0.3) is 0 Å². The van der Waals surface area contributed by atoms with Crippen molar-refractivity contribution in [2.75, 3.05) is 14.2 Å². The highest BCUT2D eigenvalue weighted by molar-refractivity contribution is 6.78. The molecule has 0 amide bonds. The van der Waals surface area contributed by atoms with Crippen LogP contribution in [0, 0.1) is 0 Å². The maximum absolute atomic E-state index is 5.49. The number of fused-ring (bicyclic) bond motifs is 1. The number of nitrogens with zero attached hydrogens (tertiary/aromatic N) is 1. The minimum Gasteiger partial charge on any atom is -0.497 e. The SMILES string of the molecule is CCCCCCCCCCCC[B-](CCCCCCCCCCCC)(Cc1ccc(OC)cc1)Cc1ccc(OC)cc1.CCCC[n+]1cccc2ccccc21. The number of hydrogen-bond acceptors (Lipinski definition) is 2. The molecule has 0 unspecified atom stereocenters. The van der Waals surface area contributed by atoms with Crippen LogP contribution in [-0.4, -0.2) is 20.4 Å². The zero-order valence-electron chi connectivity index (χ0n) is 37.6. The number of pyridine rings is 1. The normalized spacial score (nSPS) is 11.4. The van der Waals surface area contributed by atoms with Crippen molar-refractivity contribution in [1.82, 2.24) is 0 Å². The summed E-state index contributed by atoms with van der Waals surface area (Å²) in [5.41, 5.74) is 4.30.